The summed E-state index contributed by atoms with van der Waals surface area (Å²) in [7, 11) is 1.98. The van der Waals surface area contributed by atoms with Crippen molar-refractivity contribution in [3.8, 4) is 5.75 Å². The van der Waals surface area contributed by atoms with E-state index in [2.05, 4.69) is 44.3 Å². The molecule has 0 aliphatic heterocycles. The van der Waals surface area contributed by atoms with Crippen LogP contribution in [0.2, 0.25) is 0 Å². The number of ether oxygens (including phenoxy) is 1. The zero-order valence-electron chi connectivity index (χ0n) is 13.1. The van der Waals surface area contributed by atoms with E-state index in [-0.39, 0.29) is 0 Å². The molecule has 0 aromatic heterocycles. The van der Waals surface area contributed by atoms with Crippen LogP contribution in [0.25, 0.3) is 4.91 Å². The highest BCUT2D eigenvalue weighted by atomic mass is 32.2. The van der Waals surface area contributed by atoms with Crippen molar-refractivity contribution in [2.75, 3.05) is 13.7 Å². The topological polar surface area (TPSA) is 21.3 Å². The summed E-state index contributed by atoms with van der Waals surface area (Å²) >= 11 is 1.78. The molecular weight excluding hydrogens is 266 g/mol. The molecular formula is C17H25NOS. The van der Waals surface area contributed by atoms with Crippen molar-refractivity contribution < 1.29 is 4.74 Å². The highest BCUT2D eigenvalue weighted by molar-refractivity contribution is 8.11. The Hall–Kier alpha value is -1.35. The molecule has 1 aromatic rings. The smallest absolute Gasteiger partial charge is 0.119 e. The van der Waals surface area contributed by atoms with Crippen molar-refractivity contribution >= 4 is 16.7 Å². The van der Waals surface area contributed by atoms with E-state index in [1.165, 1.54) is 21.1 Å². The number of nitrogens with one attached hydrogen (secondary N) is 1. The molecule has 0 unspecified atom stereocenters. The van der Waals surface area contributed by atoms with Crippen LogP contribution < -0.4 is 10.1 Å². The maximum atomic E-state index is 5.48. The Morgan fingerprint density at radius 2 is 1.90 bits per heavy atom. The largest absolute Gasteiger partial charge is 0.494 e. The number of hydrogen-bond acceptors (Lipinski definition) is 3. The van der Waals surface area contributed by atoms with Crippen LogP contribution in [0, 0.1) is 0 Å². The molecule has 0 fully saturated rings. The molecule has 2 nitrogen and oxygen atoms in total. The van der Waals surface area contributed by atoms with E-state index in [1.54, 1.807) is 11.8 Å². The fourth-order valence-electron chi connectivity index (χ4n) is 1.79. The first-order valence-corrected chi connectivity index (χ1v) is 7.92. The molecule has 0 saturated carbocycles. The van der Waals surface area contributed by atoms with Crippen LogP contribution in [0.3, 0.4) is 0 Å². The Balaban J connectivity index is 2.91. The number of thioether (sulfide) groups is 1. The molecule has 3 heteroatoms. The third kappa shape index (κ3) is 4.64. The van der Waals surface area contributed by atoms with Gasteiger partial charge in [0.05, 0.1) is 11.6 Å². The minimum absolute atomic E-state index is 0.701. The van der Waals surface area contributed by atoms with Gasteiger partial charge in [-0.05, 0) is 50.5 Å². The zero-order valence-corrected chi connectivity index (χ0v) is 13.9. The molecule has 0 heterocycles. The average Bonchev–Trinajstić information content (AvgIpc) is 2.49. The van der Waals surface area contributed by atoms with Crippen LogP contribution in [0.4, 0.5) is 0 Å². The number of benzene rings is 1. The van der Waals surface area contributed by atoms with Crippen molar-refractivity contribution in [1.82, 2.24) is 5.32 Å². The van der Waals surface area contributed by atoms with E-state index in [9.17, 15) is 0 Å². The van der Waals surface area contributed by atoms with Crippen LogP contribution in [-0.2, 0) is 0 Å². The Bertz CT molecular complexity index is 474. The number of hydrogen-bond donors (Lipinski definition) is 1. The second-order valence-electron chi connectivity index (χ2n) is 4.43. The fraction of sp³-hybridized carbons (Fsp3) is 0.412. The Morgan fingerprint density at radius 1 is 1.25 bits per heavy atom. The lowest BCUT2D eigenvalue weighted by Crippen LogP contribution is -2.05. The third-order valence-corrected chi connectivity index (χ3v) is 4.52. The third-order valence-electron chi connectivity index (χ3n) is 3.07. The maximum Gasteiger partial charge on any atom is 0.119 e. The summed E-state index contributed by atoms with van der Waals surface area (Å²) in [5.74, 6) is 0.922. The molecule has 1 N–H and O–H groups in total. The Kier molecular flexibility index (Phi) is 7.31. The van der Waals surface area contributed by atoms with Crippen molar-refractivity contribution in [2.24, 2.45) is 0 Å². The zero-order chi connectivity index (χ0) is 15.0. The van der Waals surface area contributed by atoms with Crippen LogP contribution in [0.15, 0.2) is 40.9 Å². The first-order chi connectivity index (χ1) is 9.65. The van der Waals surface area contributed by atoms with Gasteiger partial charge in [0.2, 0.25) is 0 Å². The fourth-order valence-corrected chi connectivity index (χ4v) is 2.80. The van der Waals surface area contributed by atoms with E-state index in [0.29, 0.717) is 6.61 Å². The predicted octanol–water partition coefficient (Wildman–Crippen LogP) is 5.04. The van der Waals surface area contributed by atoms with E-state index >= 15 is 0 Å². The molecule has 1 aromatic carbocycles. The van der Waals surface area contributed by atoms with Gasteiger partial charge in [-0.2, -0.15) is 0 Å². The molecule has 110 valence electrons. The molecule has 0 saturated heterocycles. The summed E-state index contributed by atoms with van der Waals surface area (Å²) in [6, 6.07) is 8.28. The van der Waals surface area contributed by atoms with E-state index in [4.69, 9.17) is 4.74 Å². The summed E-state index contributed by atoms with van der Waals surface area (Å²) in [6.07, 6.45) is 3.21. The van der Waals surface area contributed by atoms with E-state index in [0.717, 1.165) is 12.2 Å². The number of rotatable bonds is 7. The molecule has 0 spiro atoms. The van der Waals surface area contributed by atoms with E-state index in [1.807, 2.05) is 26.1 Å². The minimum atomic E-state index is 0.701. The van der Waals surface area contributed by atoms with Crippen LogP contribution in [0.1, 0.15) is 39.7 Å². The quantitative estimate of drug-likeness (QED) is 0.760. The van der Waals surface area contributed by atoms with Crippen LogP contribution >= 0.6 is 11.8 Å². The second kappa shape index (κ2) is 8.75. The number of allylic oxidation sites excluding steroid dienone is 2. The van der Waals surface area contributed by atoms with Gasteiger partial charge in [0, 0.05) is 12.0 Å². The van der Waals surface area contributed by atoms with Gasteiger partial charge in [-0.3, -0.25) is 0 Å². The minimum Gasteiger partial charge on any atom is -0.494 e. The lowest BCUT2D eigenvalue weighted by Gasteiger charge is -2.13. The monoisotopic (exact) mass is 291 g/mol. The normalized spacial score (nSPS) is 12.9. The summed E-state index contributed by atoms with van der Waals surface area (Å²) in [6.45, 7) is 9.13. The lowest BCUT2D eigenvalue weighted by molar-refractivity contribution is 0.340. The molecule has 0 radical (unpaired) electrons. The van der Waals surface area contributed by atoms with Gasteiger partial charge >= 0.3 is 0 Å². The Morgan fingerprint density at radius 3 is 2.35 bits per heavy atom. The second-order valence-corrected chi connectivity index (χ2v) is 5.48. The highest BCUT2D eigenvalue weighted by Gasteiger charge is 2.07. The summed E-state index contributed by atoms with van der Waals surface area (Å²) in [5, 5.41) is 4.53. The predicted molar refractivity (Wildman–Crippen MR) is 90.9 cm³/mol. The molecule has 20 heavy (non-hydrogen) atoms. The van der Waals surface area contributed by atoms with Crippen molar-refractivity contribution in [3.05, 3.63) is 46.5 Å². The van der Waals surface area contributed by atoms with Gasteiger partial charge < -0.3 is 10.1 Å². The average molecular weight is 291 g/mol. The Labute approximate surface area is 127 Å². The van der Waals surface area contributed by atoms with Crippen molar-refractivity contribution in [2.45, 2.75) is 34.1 Å². The summed E-state index contributed by atoms with van der Waals surface area (Å²) in [5.41, 5.74) is 2.60. The van der Waals surface area contributed by atoms with Crippen LogP contribution in [-0.4, -0.2) is 13.7 Å². The molecule has 0 aliphatic carbocycles. The van der Waals surface area contributed by atoms with Crippen LogP contribution in [0.5, 0.6) is 5.75 Å². The SMILES string of the molecule is C/C=C(\S/C(NC)=C(\C)CC)c1ccc(OCC)cc1. The van der Waals surface area contributed by atoms with Gasteiger partial charge in [-0.15, -0.1) is 0 Å². The summed E-state index contributed by atoms with van der Waals surface area (Å²) in [4.78, 5) is 1.25. The lowest BCUT2D eigenvalue weighted by atomic mass is 10.2. The van der Waals surface area contributed by atoms with Crippen molar-refractivity contribution in [3.63, 3.8) is 0 Å². The van der Waals surface area contributed by atoms with E-state index < -0.39 is 0 Å². The van der Waals surface area contributed by atoms with Gasteiger partial charge in [0.1, 0.15) is 5.75 Å². The van der Waals surface area contributed by atoms with Gasteiger partial charge in [-0.25, -0.2) is 0 Å². The molecule has 0 atom stereocenters. The highest BCUT2D eigenvalue weighted by Crippen LogP contribution is 2.34. The van der Waals surface area contributed by atoms with Gasteiger partial charge in [0.25, 0.3) is 0 Å². The molecule has 0 bridgehead atoms. The summed E-state index contributed by atoms with van der Waals surface area (Å²) < 4.78 is 5.48. The molecule has 0 aliphatic rings. The maximum absolute atomic E-state index is 5.48. The van der Waals surface area contributed by atoms with Gasteiger partial charge in [-0.1, -0.05) is 36.9 Å². The first kappa shape index (κ1) is 16.7. The standard InChI is InChI=1S/C17H25NOS/c1-6-13(4)17(18-5)20-16(7-2)14-9-11-15(12-10-14)19-8-3/h7,9-12,18H,6,8H2,1-5H3/b16-7-,17-13+. The molecule has 0 amide bonds. The molecule has 1 rings (SSSR count). The first-order valence-electron chi connectivity index (χ1n) is 7.11. The van der Waals surface area contributed by atoms with Gasteiger partial charge in [0.15, 0.2) is 0 Å². The van der Waals surface area contributed by atoms with Crippen molar-refractivity contribution in [1.29, 1.82) is 0 Å².